The van der Waals surface area contributed by atoms with E-state index in [2.05, 4.69) is 0 Å². The molecule has 0 N–H and O–H groups in total. The highest BCUT2D eigenvalue weighted by Gasteiger charge is 2.34. The average molecular weight is 405 g/mol. The van der Waals surface area contributed by atoms with Gasteiger partial charge in [0, 0.05) is 17.2 Å². The summed E-state index contributed by atoms with van der Waals surface area (Å²) in [4.78, 5) is 36.2. The lowest BCUT2D eigenvalue weighted by molar-refractivity contribution is -0.384. The Bertz CT molecular complexity index is 930. The standard InChI is InChI=1S/C18H13ClN2O5S/c19-13-4-6-15(7-5-13)26-9-8-20-17(22)16(27-18(20)23)11-12-2-1-3-14(10-12)21(24)25/h1-7,10-11H,8-9H2/b16-11-. The normalized spacial score (nSPS) is 15.4. The predicted molar refractivity (Wildman–Crippen MR) is 103 cm³/mol. The van der Waals surface area contributed by atoms with Crippen molar-refractivity contribution in [3.05, 3.63) is 74.1 Å². The molecule has 1 saturated heterocycles. The van der Waals surface area contributed by atoms with Gasteiger partial charge >= 0.3 is 0 Å². The molecule has 0 bridgehead atoms. The number of amides is 2. The van der Waals surface area contributed by atoms with Crippen molar-refractivity contribution in [3.8, 4) is 5.75 Å². The molecule has 2 aromatic carbocycles. The number of imide groups is 1. The highest BCUT2D eigenvalue weighted by Crippen LogP contribution is 2.32. The van der Waals surface area contributed by atoms with E-state index in [1.807, 2.05) is 0 Å². The highest BCUT2D eigenvalue weighted by molar-refractivity contribution is 8.18. The molecule has 0 radical (unpaired) electrons. The molecule has 0 atom stereocenters. The maximum absolute atomic E-state index is 12.4. The fourth-order valence-corrected chi connectivity index (χ4v) is 3.35. The molecule has 2 aromatic rings. The first-order valence-electron chi connectivity index (χ1n) is 7.82. The monoisotopic (exact) mass is 404 g/mol. The Labute approximate surface area is 163 Å². The van der Waals surface area contributed by atoms with Crippen molar-refractivity contribution >= 4 is 46.3 Å². The SMILES string of the molecule is O=C1S/C(=C\c2cccc([N+](=O)[O-])c2)C(=O)N1CCOc1ccc(Cl)cc1. The molecule has 1 heterocycles. The number of nitro groups is 1. The third kappa shape index (κ3) is 4.66. The molecular weight excluding hydrogens is 392 g/mol. The number of ether oxygens (including phenoxy) is 1. The Morgan fingerprint density at radius 1 is 1.19 bits per heavy atom. The van der Waals surface area contributed by atoms with Gasteiger partial charge in [0.25, 0.3) is 16.8 Å². The molecule has 0 spiro atoms. The molecule has 0 aromatic heterocycles. The third-order valence-electron chi connectivity index (χ3n) is 3.65. The molecule has 3 rings (SSSR count). The molecule has 7 nitrogen and oxygen atoms in total. The van der Waals surface area contributed by atoms with Crippen molar-refractivity contribution in [1.82, 2.24) is 4.90 Å². The number of thioether (sulfide) groups is 1. The van der Waals surface area contributed by atoms with Crippen LogP contribution in [0.5, 0.6) is 5.75 Å². The molecule has 9 heteroatoms. The number of halogens is 1. The largest absolute Gasteiger partial charge is 0.492 e. The second-order valence-electron chi connectivity index (χ2n) is 5.49. The number of carbonyl (C=O) groups excluding carboxylic acids is 2. The van der Waals surface area contributed by atoms with Crippen LogP contribution in [-0.4, -0.2) is 34.1 Å². The van der Waals surface area contributed by atoms with E-state index in [1.165, 1.54) is 24.3 Å². The Kier molecular flexibility index (Phi) is 5.78. The first kappa shape index (κ1) is 18.9. The van der Waals surface area contributed by atoms with Crippen LogP contribution in [0.2, 0.25) is 5.02 Å². The van der Waals surface area contributed by atoms with Crippen LogP contribution in [0.4, 0.5) is 10.5 Å². The van der Waals surface area contributed by atoms with Crippen molar-refractivity contribution in [2.45, 2.75) is 0 Å². The van der Waals surface area contributed by atoms with Crippen LogP contribution in [0.25, 0.3) is 6.08 Å². The van der Waals surface area contributed by atoms with Crippen molar-refractivity contribution < 1.29 is 19.2 Å². The lowest BCUT2D eigenvalue weighted by atomic mass is 10.2. The van der Waals surface area contributed by atoms with E-state index >= 15 is 0 Å². The smallest absolute Gasteiger partial charge is 0.293 e. The molecule has 0 saturated carbocycles. The molecule has 0 aliphatic carbocycles. The molecule has 138 valence electrons. The molecule has 2 amide bonds. The zero-order valence-electron chi connectivity index (χ0n) is 13.8. The maximum atomic E-state index is 12.4. The number of carbonyl (C=O) groups is 2. The van der Waals surface area contributed by atoms with Crippen LogP contribution in [0.3, 0.4) is 0 Å². The lowest BCUT2D eigenvalue weighted by Gasteiger charge is -2.13. The van der Waals surface area contributed by atoms with E-state index in [0.717, 1.165) is 16.7 Å². The molecule has 1 aliphatic rings. The van der Waals surface area contributed by atoms with E-state index in [1.54, 1.807) is 30.3 Å². The minimum absolute atomic E-state index is 0.0839. The number of hydrogen-bond donors (Lipinski definition) is 0. The quantitative estimate of drug-likeness (QED) is 0.403. The van der Waals surface area contributed by atoms with Gasteiger partial charge in [0.15, 0.2) is 0 Å². The minimum atomic E-state index is -0.517. The van der Waals surface area contributed by atoms with Crippen LogP contribution in [0, 0.1) is 10.1 Å². The van der Waals surface area contributed by atoms with Gasteiger partial charge in [-0.05, 0) is 47.7 Å². The number of nitro benzene ring substituents is 1. The fraction of sp³-hybridized carbons (Fsp3) is 0.111. The van der Waals surface area contributed by atoms with E-state index in [4.69, 9.17) is 16.3 Å². The second kappa shape index (κ2) is 8.24. The fourth-order valence-electron chi connectivity index (χ4n) is 2.36. The predicted octanol–water partition coefficient (Wildman–Crippen LogP) is 4.36. The second-order valence-corrected chi connectivity index (χ2v) is 6.92. The summed E-state index contributed by atoms with van der Waals surface area (Å²) in [5.74, 6) is 0.134. The van der Waals surface area contributed by atoms with Gasteiger partial charge in [0.1, 0.15) is 12.4 Å². The first-order valence-corrected chi connectivity index (χ1v) is 9.02. The van der Waals surface area contributed by atoms with Gasteiger partial charge in [-0.15, -0.1) is 0 Å². The molecule has 0 unspecified atom stereocenters. The summed E-state index contributed by atoms with van der Waals surface area (Å²) in [6.45, 7) is 0.239. The molecular formula is C18H13ClN2O5S. The summed E-state index contributed by atoms with van der Waals surface area (Å²) in [5.41, 5.74) is 0.395. The average Bonchev–Trinajstić information content (AvgIpc) is 2.91. The van der Waals surface area contributed by atoms with Gasteiger partial charge in [-0.1, -0.05) is 23.7 Å². The van der Waals surface area contributed by atoms with E-state index in [9.17, 15) is 19.7 Å². The van der Waals surface area contributed by atoms with Crippen molar-refractivity contribution in [3.63, 3.8) is 0 Å². The minimum Gasteiger partial charge on any atom is -0.492 e. The molecule has 1 fully saturated rings. The van der Waals surface area contributed by atoms with Crippen LogP contribution in [0.1, 0.15) is 5.56 Å². The van der Waals surface area contributed by atoms with Gasteiger partial charge in [-0.25, -0.2) is 0 Å². The van der Waals surface area contributed by atoms with Crippen LogP contribution >= 0.6 is 23.4 Å². The number of non-ortho nitro benzene ring substituents is 1. The van der Waals surface area contributed by atoms with E-state index < -0.39 is 16.1 Å². The summed E-state index contributed by atoms with van der Waals surface area (Å²) >= 11 is 6.59. The van der Waals surface area contributed by atoms with E-state index in [-0.39, 0.29) is 23.7 Å². The van der Waals surface area contributed by atoms with Crippen molar-refractivity contribution in [1.29, 1.82) is 0 Å². The topological polar surface area (TPSA) is 89.8 Å². The van der Waals surface area contributed by atoms with Gasteiger partial charge in [-0.2, -0.15) is 0 Å². The van der Waals surface area contributed by atoms with Crippen LogP contribution in [-0.2, 0) is 4.79 Å². The summed E-state index contributed by atoms with van der Waals surface area (Å²) in [6.07, 6.45) is 1.47. The van der Waals surface area contributed by atoms with E-state index in [0.29, 0.717) is 16.3 Å². The maximum Gasteiger partial charge on any atom is 0.293 e. The van der Waals surface area contributed by atoms with Gasteiger partial charge in [-0.3, -0.25) is 24.6 Å². The Morgan fingerprint density at radius 2 is 1.93 bits per heavy atom. The summed E-state index contributed by atoms with van der Waals surface area (Å²) in [6, 6.07) is 12.6. The first-order chi connectivity index (χ1) is 12.9. The number of benzene rings is 2. The third-order valence-corrected chi connectivity index (χ3v) is 4.81. The summed E-state index contributed by atoms with van der Waals surface area (Å²) < 4.78 is 5.51. The summed E-state index contributed by atoms with van der Waals surface area (Å²) in [7, 11) is 0. The number of rotatable bonds is 6. The van der Waals surface area contributed by atoms with Gasteiger partial charge in [0.05, 0.1) is 16.4 Å². The van der Waals surface area contributed by atoms with Crippen molar-refractivity contribution in [2.24, 2.45) is 0 Å². The van der Waals surface area contributed by atoms with Crippen LogP contribution < -0.4 is 4.74 Å². The molecule has 1 aliphatic heterocycles. The zero-order valence-corrected chi connectivity index (χ0v) is 15.4. The van der Waals surface area contributed by atoms with Crippen molar-refractivity contribution in [2.75, 3.05) is 13.2 Å². The number of hydrogen-bond acceptors (Lipinski definition) is 6. The van der Waals surface area contributed by atoms with Gasteiger partial charge in [0.2, 0.25) is 0 Å². The highest BCUT2D eigenvalue weighted by atomic mass is 35.5. The number of nitrogens with zero attached hydrogens (tertiary/aromatic N) is 2. The molecule has 27 heavy (non-hydrogen) atoms. The summed E-state index contributed by atoms with van der Waals surface area (Å²) in [5, 5.41) is 11.0. The lowest BCUT2D eigenvalue weighted by Crippen LogP contribution is -2.32. The van der Waals surface area contributed by atoms with Crippen LogP contribution in [0.15, 0.2) is 53.4 Å². The van der Waals surface area contributed by atoms with Gasteiger partial charge < -0.3 is 4.74 Å². The Balaban J connectivity index is 1.65. The zero-order chi connectivity index (χ0) is 19.4. The Morgan fingerprint density at radius 3 is 2.63 bits per heavy atom. The Hall–Kier alpha value is -2.84.